The average Bonchev–Trinajstić information content (AvgIpc) is 2.88. The molecule has 0 aliphatic heterocycles. The first-order valence-electron chi connectivity index (χ1n) is 11.3. The van der Waals surface area contributed by atoms with Crippen molar-refractivity contribution in [1.82, 2.24) is 5.32 Å². The number of nitrogens with one attached hydrogen (secondary N) is 2. The van der Waals surface area contributed by atoms with Gasteiger partial charge in [-0.15, -0.1) is 0 Å². The Morgan fingerprint density at radius 3 is 2.26 bits per heavy atom. The van der Waals surface area contributed by atoms with Gasteiger partial charge in [-0.05, 0) is 60.5 Å². The topological polar surface area (TPSA) is 84.5 Å². The van der Waals surface area contributed by atoms with Gasteiger partial charge in [0.15, 0.2) is 5.78 Å². The van der Waals surface area contributed by atoms with Crippen LogP contribution in [0.2, 0.25) is 5.02 Å². The summed E-state index contributed by atoms with van der Waals surface area (Å²) in [5, 5.41) is 4.98. The van der Waals surface area contributed by atoms with Gasteiger partial charge in [-0.2, -0.15) is 13.2 Å². The van der Waals surface area contributed by atoms with Gasteiger partial charge in [0.25, 0.3) is 5.91 Å². The molecule has 11 heteroatoms. The first-order valence-corrected chi connectivity index (χ1v) is 12.5. The number of carbonyl (C=O) groups is 3. The zero-order chi connectivity index (χ0) is 28.0. The number of benzene rings is 3. The average molecular weight is 612 g/mol. The van der Waals surface area contributed by atoms with Crippen molar-refractivity contribution in [2.24, 2.45) is 5.92 Å². The minimum atomic E-state index is -4.66. The van der Waals surface area contributed by atoms with Crippen LogP contribution in [-0.2, 0) is 17.8 Å². The van der Waals surface area contributed by atoms with Gasteiger partial charge in [0.05, 0.1) is 23.3 Å². The summed E-state index contributed by atoms with van der Waals surface area (Å²) in [6.45, 7) is 0.538. The van der Waals surface area contributed by atoms with Crippen LogP contribution in [0.3, 0.4) is 0 Å². The van der Waals surface area contributed by atoms with Gasteiger partial charge in [0, 0.05) is 23.1 Å². The highest BCUT2D eigenvalue weighted by atomic mass is 79.9. The Morgan fingerprint density at radius 1 is 0.974 bits per heavy atom. The number of hydrogen-bond acceptors (Lipinski definition) is 4. The predicted octanol–water partition coefficient (Wildman–Crippen LogP) is 6.60. The molecule has 0 heterocycles. The van der Waals surface area contributed by atoms with Crippen molar-refractivity contribution >= 4 is 50.8 Å². The summed E-state index contributed by atoms with van der Waals surface area (Å²) >= 11 is 9.54. The molecule has 2 amide bonds. The lowest BCUT2D eigenvalue weighted by molar-refractivity contribution is -0.178. The fourth-order valence-corrected chi connectivity index (χ4v) is 3.90. The monoisotopic (exact) mass is 610 g/mol. The van der Waals surface area contributed by atoms with Crippen molar-refractivity contribution in [1.29, 1.82) is 0 Å². The molecule has 0 spiro atoms. The molecular formula is C27H23BrClF3N2O4. The molecule has 3 aromatic rings. The molecular weight excluding hydrogens is 589 g/mol. The van der Waals surface area contributed by atoms with Crippen LogP contribution in [0.15, 0.2) is 65.1 Å². The van der Waals surface area contributed by atoms with Gasteiger partial charge < -0.3 is 15.4 Å². The Kier molecular flexibility index (Phi) is 9.56. The second-order valence-electron chi connectivity index (χ2n) is 8.39. The molecule has 1 unspecified atom stereocenters. The zero-order valence-corrected chi connectivity index (χ0v) is 22.6. The van der Waals surface area contributed by atoms with E-state index in [-0.39, 0.29) is 34.9 Å². The summed E-state index contributed by atoms with van der Waals surface area (Å²) in [7, 11) is 1.43. The SMILES string of the molecule is COc1ccc(NC(=O)c2cc(CNC(=O)C(C)C(F)(F)F)ccc2Cl)cc1C(=O)Cc1ccc(Br)cc1. The predicted molar refractivity (Wildman–Crippen MR) is 142 cm³/mol. The van der Waals surface area contributed by atoms with E-state index in [1.165, 1.54) is 31.4 Å². The van der Waals surface area contributed by atoms with Crippen LogP contribution in [0.1, 0.15) is 38.8 Å². The van der Waals surface area contributed by atoms with Crippen LogP contribution >= 0.6 is 27.5 Å². The van der Waals surface area contributed by atoms with E-state index in [0.29, 0.717) is 17.0 Å². The van der Waals surface area contributed by atoms with E-state index in [1.54, 1.807) is 12.1 Å². The van der Waals surface area contributed by atoms with Gasteiger partial charge in [0.2, 0.25) is 5.91 Å². The third-order valence-corrected chi connectivity index (χ3v) is 6.52. The Balaban J connectivity index is 1.75. The van der Waals surface area contributed by atoms with Crippen LogP contribution in [0, 0.1) is 5.92 Å². The minimum Gasteiger partial charge on any atom is -0.496 e. The summed E-state index contributed by atoms with van der Waals surface area (Å²) in [6, 6.07) is 16.2. The smallest absolute Gasteiger partial charge is 0.400 e. The number of alkyl halides is 3. The second-order valence-corrected chi connectivity index (χ2v) is 9.71. The molecule has 38 heavy (non-hydrogen) atoms. The molecule has 0 aromatic heterocycles. The van der Waals surface area contributed by atoms with E-state index in [9.17, 15) is 27.6 Å². The largest absolute Gasteiger partial charge is 0.496 e. The third kappa shape index (κ3) is 7.58. The van der Waals surface area contributed by atoms with E-state index in [2.05, 4.69) is 26.6 Å². The lowest BCUT2D eigenvalue weighted by Crippen LogP contribution is -2.37. The van der Waals surface area contributed by atoms with Crippen molar-refractivity contribution in [2.45, 2.75) is 26.1 Å². The van der Waals surface area contributed by atoms with E-state index in [4.69, 9.17) is 16.3 Å². The van der Waals surface area contributed by atoms with E-state index < -0.39 is 23.9 Å². The molecule has 2 N–H and O–H groups in total. The van der Waals surface area contributed by atoms with Crippen molar-refractivity contribution in [3.63, 3.8) is 0 Å². The Morgan fingerprint density at radius 2 is 1.63 bits per heavy atom. The number of carbonyl (C=O) groups excluding carboxylic acids is 3. The number of ketones is 1. The quantitative estimate of drug-likeness (QED) is 0.267. The highest BCUT2D eigenvalue weighted by Crippen LogP contribution is 2.27. The molecule has 0 bridgehead atoms. The summed E-state index contributed by atoms with van der Waals surface area (Å²) in [5.41, 5.74) is 1.80. The van der Waals surface area contributed by atoms with Crippen LogP contribution < -0.4 is 15.4 Å². The standard InChI is InChI=1S/C27H23BrClF3N2O4/c1-15(27(30,31)32)25(36)33-14-17-5-9-22(29)20(11-17)26(37)34-19-8-10-24(38-2)21(13-19)23(35)12-16-3-6-18(28)7-4-16/h3-11,13,15H,12,14H2,1-2H3,(H,33,36)(H,34,37). The molecule has 3 aromatic carbocycles. The van der Waals surface area contributed by atoms with E-state index >= 15 is 0 Å². The highest BCUT2D eigenvalue weighted by Gasteiger charge is 2.40. The van der Waals surface area contributed by atoms with Crippen LogP contribution in [0.4, 0.5) is 18.9 Å². The molecule has 0 radical (unpaired) electrons. The first kappa shape index (κ1) is 29.2. The molecule has 0 aliphatic carbocycles. The van der Waals surface area contributed by atoms with Crippen molar-refractivity contribution in [2.75, 3.05) is 12.4 Å². The first-order chi connectivity index (χ1) is 17.9. The Bertz CT molecular complexity index is 1350. The van der Waals surface area contributed by atoms with Crippen LogP contribution in [-0.4, -0.2) is 30.9 Å². The number of amides is 2. The maximum atomic E-state index is 13.0. The van der Waals surface area contributed by atoms with Crippen molar-refractivity contribution < 1.29 is 32.3 Å². The number of rotatable bonds is 9. The van der Waals surface area contributed by atoms with Gasteiger partial charge in [0.1, 0.15) is 11.7 Å². The minimum absolute atomic E-state index is 0.0424. The molecule has 200 valence electrons. The summed E-state index contributed by atoms with van der Waals surface area (Å²) in [4.78, 5) is 37.7. The summed E-state index contributed by atoms with van der Waals surface area (Å²) < 4.78 is 44.4. The number of anilines is 1. The van der Waals surface area contributed by atoms with Crippen molar-refractivity contribution in [3.8, 4) is 5.75 Å². The number of ether oxygens (including phenoxy) is 1. The van der Waals surface area contributed by atoms with Gasteiger partial charge >= 0.3 is 6.18 Å². The number of hydrogen-bond donors (Lipinski definition) is 2. The number of methoxy groups -OCH3 is 1. The third-order valence-electron chi connectivity index (χ3n) is 5.66. The van der Waals surface area contributed by atoms with Gasteiger partial charge in [-0.1, -0.05) is 45.7 Å². The van der Waals surface area contributed by atoms with Gasteiger partial charge in [-0.3, -0.25) is 14.4 Å². The molecule has 0 aliphatic rings. The fourth-order valence-electron chi connectivity index (χ4n) is 3.43. The molecule has 0 saturated heterocycles. The van der Waals surface area contributed by atoms with Crippen LogP contribution in [0.25, 0.3) is 0 Å². The molecule has 6 nitrogen and oxygen atoms in total. The van der Waals surface area contributed by atoms with Crippen molar-refractivity contribution in [3.05, 3.63) is 92.4 Å². The molecule has 3 rings (SSSR count). The lowest BCUT2D eigenvalue weighted by atomic mass is 10.0. The number of halogens is 5. The zero-order valence-electron chi connectivity index (χ0n) is 20.3. The fraction of sp³-hybridized carbons (Fsp3) is 0.222. The maximum Gasteiger partial charge on any atom is 0.400 e. The molecule has 1 atom stereocenters. The Hall–Kier alpha value is -3.37. The van der Waals surface area contributed by atoms with Gasteiger partial charge in [-0.25, -0.2) is 0 Å². The lowest BCUT2D eigenvalue weighted by Gasteiger charge is -2.16. The summed E-state index contributed by atoms with van der Waals surface area (Å²) in [5.74, 6) is -3.84. The Labute approximate surface area is 230 Å². The maximum absolute atomic E-state index is 13.0. The van der Waals surface area contributed by atoms with E-state index in [0.717, 1.165) is 17.0 Å². The summed E-state index contributed by atoms with van der Waals surface area (Å²) in [6.07, 6.45) is -4.54. The van der Waals surface area contributed by atoms with E-state index in [1.807, 2.05) is 24.3 Å². The van der Waals surface area contributed by atoms with Crippen LogP contribution in [0.5, 0.6) is 5.75 Å². The molecule has 0 fully saturated rings. The second kappa shape index (κ2) is 12.4. The number of Topliss-reactive ketones (excluding diaryl/α,β-unsaturated/α-hetero) is 1. The molecule has 0 saturated carbocycles. The highest BCUT2D eigenvalue weighted by molar-refractivity contribution is 9.10. The normalized spacial score (nSPS) is 12.0.